The van der Waals surface area contributed by atoms with Gasteiger partial charge in [0.2, 0.25) is 0 Å². The number of aryl methyl sites for hydroxylation is 1. The smallest absolute Gasteiger partial charge is 0.363 e. The summed E-state index contributed by atoms with van der Waals surface area (Å²) in [4.78, 5) is 14.7. The summed E-state index contributed by atoms with van der Waals surface area (Å²) in [6.07, 6.45) is 1.42. The number of benzene rings is 1. The minimum Gasteiger partial charge on any atom is -0.505 e. The van der Waals surface area contributed by atoms with Gasteiger partial charge in [0, 0.05) is 0 Å². The second-order valence-electron chi connectivity index (χ2n) is 3.78. The van der Waals surface area contributed by atoms with E-state index in [-0.39, 0.29) is 21.6 Å². The lowest BCUT2D eigenvalue weighted by molar-refractivity contribution is 0.476. The number of nitrogens with zero attached hydrogens (tertiary/aromatic N) is 3. The Labute approximate surface area is 123 Å². The first-order chi connectivity index (χ1) is 9.47. The predicted molar refractivity (Wildman–Crippen MR) is 76.7 cm³/mol. The van der Waals surface area contributed by atoms with Crippen LogP contribution in [0.5, 0.6) is 5.75 Å². The Hall–Kier alpha value is -2.12. The molecule has 2 aromatic rings. The quantitative estimate of drug-likeness (QED) is 0.593. The van der Waals surface area contributed by atoms with Crippen LogP contribution in [0.1, 0.15) is 11.3 Å². The van der Waals surface area contributed by atoms with E-state index in [4.69, 9.17) is 23.2 Å². The molecule has 9 heteroatoms. The predicted octanol–water partition coefficient (Wildman–Crippen LogP) is 1.93. The monoisotopic (exact) mass is 313 g/mol. The van der Waals surface area contributed by atoms with E-state index in [2.05, 4.69) is 25.7 Å². The van der Waals surface area contributed by atoms with Crippen LogP contribution in [-0.4, -0.2) is 26.5 Å². The van der Waals surface area contributed by atoms with Crippen molar-refractivity contribution in [2.24, 2.45) is 5.10 Å². The molecule has 0 atom stereocenters. The number of rotatable bonds is 3. The molecule has 0 unspecified atom stereocenters. The number of H-pyrrole nitrogens is 1. The second kappa shape index (κ2) is 5.89. The van der Waals surface area contributed by atoms with E-state index < -0.39 is 5.69 Å². The van der Waals surface area contributed by atoms with Gasteiger partial charge in [0.1, 0.15) is 5.69 Å². The number of phenols is 1. The number of aromatic amines is 1. The van der Waals surface area contributed by atoms with Crippen LogP contribution in [0.3, 0.4) is 0 Å². The van der Waals surface area contributed by atoms with Crippen molar-refractivity contribution in [3.63, 3.8) is 0 Å². The molecule has 1 aromatic carbocycles. The van der Waals surface area contributed by atoms with Gasteiger partial charge in [-0.15, -0.1) is 0 Å². The molecule has 104 valence electrons. The standard InChI is InChI=1S/C11H9Cl2N5O2/c1-5-10(15-11(20)18-16-5)17-14-4-6-2-7(12)9(19)8(13)3-6/h2-4,19H,1H3,(H2,15,17,18,20)/b14-4+. The summed E-state index contributed by atoms with van der Waals surface area (Å²) in [6.45, 7) is 1.66. The number of anilines is 1. The highest BCUT2D eigenvalue weighted by Crippen LogP contribution is 2.32. The molecule has 1 aromatic heterocycles. The van der Waals surface area contributed by atoms with Crippen molar-refractivity contribution in [1.82, 2.24) is 15.2 Å². The largest absolute Gasteiger partial charge is 0.505 e. The third-order valence-electron chi connectivity index (χ3n) is 2.30. The first-order valence-corrected chi connectivity index (χ1v) is 6.13. The van der Waals surface area contributed by atoms with Gasteiger partial charge >= 0.3 is 5.69 Å². The average molecular weight is 314 g/mol. The summed E-state index contributed by atoms with van der Waals surface area (Å²) in [5.74, 6) is 0.0516. The topological polar surface area (TPSA) is 103 Å². The van der Waals surface area contributed by atoms with Gasteiger partial charge in [-0.05, 0) is 24.6 Å². The van der Waals surface area contributed by atoms with E-state index in [9.17, 15) is 9.90 Å². The molecule has 0 saturated heterocycles. The van der Waals surface area contributed by atoms with Crippen molar-refractivity contribution in [2.75, 3.05) is 5.43 Å². The summed E-state index contributed by atoms with van der Waals surface area (Å²) in [7, 11) is 0. The van der Waals surface area contributed by atoms with Gasteiger partial charge in [0.05, 0.1) is 16.3 Å². The number of halogens is 2. The molecular formula is C11H9Cl2N5O2. The van der Waals surface area contributed by atoms with Crippen LogP contribution in [0.2, 0.25) is 10.0 Å². The number of nitrogens with one attached hydrogen (secondary N) is 2. The van der Waals surface area contributed by atoms with Crippen LogP contribution in [0, 0.1) is 6.92 Å². The summed E-state index contributed by atoms with van der Waals surface area (Å²) in [5.41, 5.74) is 3.06. The van der Waals surface area contributed by atoms with E-state index >= 15 is 0 Å². The average Bonchev–Trinajstić information content (AvgIpc) is 2.40. The minimum atomic E-state index is -0.580. The third-order valence-corrected chi connectivity index (χ3v) is 2.87. The van der Waals surface area contributed by atoms with E-state index in [1.807, 2.05) is 0 Å². The van der Waals surface area contributed by atoms with Gasteiger partial charge < -0.3 is 5.11 Å². The molecule has 0 amide bonds. The number of phenolic OH excluding ortho intramolecular Hbond substituents is 1. The number of aromatic hydroxyl groups is 1. The van der Waals surface area contributed by atoms with Crippen LogP contribution < -0.4 is 11.1 Å². The molecule has 0 radical (unpaired) electrons. The molecule has 2 rings (SSSR count). The maximum Gasteiger partial charge on any atom is 0.363 e. The maximum absolute atomic E-state index is 11.0. The summed E-state index contributed by atoms with van der Waals surface area (Å²) < 4.78 is 0. The number of hydrogen-bond acceptors (Lipinski definition) is 6. The van der Waals surface area contributed by atoms with E-state index in [1.165, 1.54) is 18.3 Å². The van der Waals surface area contributed by atoms with E-state index in [0.29, 0.717) is 11.3 Å². The Bertz CT molecular complexity index is 706. The molecule has 0 saturated carbocycles. The van der Waals surface area contributed by atoms with Gasteiger partial charge in [0.25, 0.3) is 0 Å². The molecule has 1 heterocycles. The molecule has 0 aliphatic rings. The summed E-state index contributed by atoms with van der Waals surface area (Å²) in [6, 6.07) is 2.98. The lowest BCUT2D eigenvalue weighted by atomic mass is 10.2. The van der Waals surface area contributed by atoms with Gasteiger partial charge in [-0.3, -0.25) is 5.43 Å². The Morgan fingerprint density at radius 3 is 2.70 bits per heavy atom. The van der Waals surface area contributed by atoms with Crippen LogP contribution in [0.4, 0.5) is 5.82 Å². The Morgan fingerprint density at radius 1 is 1.40 bits per heavy atom. The van der Waals surface area contributed by atoms with Gasteiger partial charge in [-0.25, -0.2) is 9.89 Å². The highest BCUT2D eigenvalue weighted by Gasteiger charge is 2.05. The van der Waals surface area contributed by atoms with Crippen LogP contribution in [-0.2, 0) is 0 Å². The molecule has 0 spiro atoms. The van der Waals surface area contributed by atoms with Crippen molar-refractivity contribution in [3.05, 3.63) is 43.9 Å². The fraction of sp³-hybridized carbons (Fsp3) is 0.0909. The number of aromatic nitrogens is 3. The zero-order valence-corrected chi connectivity index (χ0v) is 11.7. The molecule has 7 nitrogen and oxygen atoms in total. The van der Waals surface area contributed by atoms with Crippen molar-refractivity contribution < 1.29 is 5.11 Å². The SMILES string of the molecule is Cc1n[nH]c(=O)nc1N/N=C/c1cc(Cl)c(O)c(Cl)c1. The third kappa shape index (κ3) is 3.25. The fourth-order valence-corrected chi connectivity index (χ4v) is 1.83. The molecule has 0 aliphatic carbocycles. The first kappa shape index (κ1) is 14.3. The summed E-state index contributed by atoms with van der Waals surface area (Å²) >= 11 is 11.6. The van der Waals surface area contributed by atoms with Gasteiger partial charge in [0.15, 0.2) is 11.6 Å². The second-order valence-corrected chi connectivity index (χ2v) is 4.59. The number of hydrazone groups is 1. The Kier molecular flexibility index (Phi) is 4.21. The van der Waals surface area contributed by atoms with Crippen LogP contribution >= 0.6 is 23.2 Å². The first-order valence-electron chi connectivity index (χ1n) is 5.38. The molecule has 20 heavy (non-hydrogen) atoms. The molecule has 0 bridgehead atoms. The van der Waals surface area contributed by atoms with Crippen molar-refractivity contribution in [3.8, 4) is 5.75 Å². The summed E-state index contributed by atoms with van der Waals surface area (Å²) in [5, 5.41) is 19.5. The van der Waals surface area contributed by atoms with Gasteiger partial charge in [-0.2, -0.15) is 15.2 Å². The van der Waals surface area contributed by atoms with Crippen molar-refractivity contribution >= 4 is 35.2 Å². The molecule has 0 aliphatic heterocycles. The lowest BCUT2D eigenvalue weighted by Crippen LogP contribution is -2.15. The number of hydrogen-bond donors (Lipinski definition) is 3. The van der Waals surface area contributed by atoms with E-state index in [1.54, 1.807) is 6.92 Å². The van der Waals surface area contributed by atoms with Crippen molar-refractivity contribution in [2.45, 2.75) is 6.92 Å². The normalized spacial score (nSPS) is 10.9. The molecule has 0 fully saturated rings. The van der Waals surface area contributed by atoms with E-state index in [0.717, 1.165) is 0 Å². The zero-order valence-electron chi connectivity index (χ0n) is 10.2. The Morgan fingerprint density at radius 2 is 2.05 bits per heavy atom. The maximum atomic E-state index is 11.0. The van der Waals surface area contributed by atoms with Crippen molar-refractivity contribution in [1.29, 1.82) is 0 Å². The molecule has 3 N–H and O–H groups in total. The Balaban J connectivity index is 2.18. The highest BCUT2D eigenvalue weighted by atomic mass is 35.5. The minimum absolute atomic E-state index is 0.117. The lowest BCUT2D eigenvalue weighted by Gasteiger charge is -2.02. The van der Waals surface area contributed by atoms with Gasteiger partial charge in [-0.1, -0.05) is 23.2 Å². The highest BCUT2D eigenvalue weighted by molar-refractivity contribution is 6.37. The fourth-order valence-electron chi connectivity index (χ4n) is 1.33. The van der Waals surface area contributed by atoms with Crippen LogP contribution in [0.25, 0.3) is 0 Å². The van der Waals surface area contributed by atoms with Crippen LogP contribution in [0.15, 0.2) is 22.0 Å². The zero-order chi connectivity index (χ0) is 14.7. The molecular weight excluding hydrogens is 305 g/mol.